The highest BCUT2D eigenvalue weighted by Crippen LogP contribution is 2.46. The van der Waals surface area contributed by atoms with Crippen LogP contribution in [-0.4, -0.2) is 68.4 Å². The number of allylic oxidation sites excluding steroid dienone is 1. The lowest BCUT2D eigenvalue weighted by Crippen LogP contribution is -2.48. The van der Waals surface area contributed by atoms with Gasteiger partial charge in [0.25, 0.3) is 0 Å². The van der Waals surface area contributed by atoms with Crippen LogP contribution >= 0.6 is 0 Å². The molecule has 9 nitrogen and oxygen atoms in total. The van der Waals surface area contributed by atoms with Crippen LogP contribution in [0.2, 0.25) is 0 Å². The predicted octanol–water partition coefficient (Wildman–Crippen LogP) is 0.419. The van der Waals surface area contributed by atoms with Crippen molar-refractivity contribution in [2.24, 2.45) is 10.8 Å². The monoisotopic (exact) mass is 386 g/mol. The summed E-state index contributed by atoms with van der Waals surface area (Å²) in [6.07, 6.45) is 3.12. The van der Waals surface area contributed by atoms with E-state index in [4.69, 9.17) is 10.2 Å². The third-order valence-electron chi connectivity index (χ3n) is 4.61. The van der Waals surface area contributed by atoms with Gasteiger partial charge in [-0.05, 0) is 27.2 Å². The van der Waals surface area contributed by atoms with Gasteiger partial charge in [0.15, 0.2) is 0 Å². The summed E-state index contributed by atoms with van der Waals surface area (Å²) in [7, 11) is 0. The zero-order valence-electron chi connectivity index (χ0n) is 15.5. The summed E-state index contributed by atoms with van der Waals surface area (Å²) in [5, 5.41) is 57.4. The standard InChI is InChI=1S/C18H26O9/c1-11(14(22)23)4-5-17(8-19,6-12(2)15(24)25)18(9-20,10-21)7-13(3)16(26)27/h4,6-7,19-21H,5,8-10H2,1-3H3,(H,22,23)(H,24,25)(H,26,27). The summed E-state index contributed by atoms with van der Waals surface area (Å²) < 4.78 is 0. The lowest BCUT2D eigenvalue weighted by atomic mass is 9.61. The third kappa shape index (κ3) is 5.75. The van der Waals surface area contributed by atoms with E-state index < -0.39 is 48.6 Å². The maximum Gasteiger partial charge on any atom is 0.330 e. The first-order chi connectivity index (χ1) is 12.4. The number of hydrogen-bond acceptors (Lipinski definition) is 6. The summed E-state index contributed by atoms with van der Waals surface area (Å²) in [6, 6.07) is 0. The molecule has 6 N–H and O–H groups in total. The molecule has 27 heavy (non-hydrogen) atoms. The summed E-state index contributed by atoms with van der Waals surface area (Å²) in [4.78, 5) is 33.6. The molecule has 0 rings (SSSR count). The Kier molecular flexibility index (Phi) is 9.08. The smallest absolute Gasteiger partial charge is 0.330 e. The van der Waals surface area contributed by atoms with Crippen LogP contribution in [0, 0.1) is 10.8 Å². The molecule has 0 radical (unpaired) electrons. The molecular formula is C18H26O9. The predicted molar refractivity (Wildman–Crippen MR) is 94.9 cm³/mol. The molecule has 0 aliphatic carbocycles. The second kappa shape index (κ2) is 10.0. The van der Waals surface area contributed by atoms with Crippen molar-refractivity contribution in [1.29, 1.82) is 0 Å². The van der Waals surface area contributed by atoms with E-state index in [1.807, 2.05) is 0 Å². The van der Waals surface area contributed by atoms with Gasteiger partial charge < -0.3 is 30.6 Å². The van der Waals surface area contributed by atoms with Crippen molar-refractivity contribution in [1.82, 2.24) is 0 Å². The molecule has 0 saturated heterocycles. The van der Waals surface area contributed by atoms with Gasteiger partial charge in [-0.3, -0.25) is 0 Å². The van der Waals surface area contributed by atoms with E-state index in [-0.39, 0.29) is 23.1 Å². The number of carboxylic acid groups (broad SMARTS) is 3. The number of rotatable bonds is 11. The molecule has 0 aliphatic heterocycles. The molecule has 0 bridgehead atoms. The lowest BCUT2D eigenvalue weighted by Gasteiger charge is -2.45. The quantitative estimate of drug-likeness (QED) is 0.275. The Morgan fingerprint density at radius 1 is 0.667 bits per heavy atom. The van der Waals surface area contributed by atoms with Gasteiger partial charge in [0.1, 0.15) is 0 Å². The molecule has 0 aromatic rings. The van der Waals surface area contributed by atoms with Crippen molar-refractivity contribution >= 4 is 17.9 Å². The second-order valence-corrected chi connectivity index (χ2v) is 6.45. The Morgan fingerprint density at radius 3 is 1.30 bits per heavy atom. The fourth-order valence-corrected chi connectivity index (χ4v) is 2.65. The Bertz CT molecular complexity index is 668. The van der Waals surface area contributed by atoms with Crippen LogP contribution in [0.15, 0.2) is 34.9 Å². The highest BCUT2D eigenvalue weighted by molar-refractivity contribution is 5.87. The average Bonchev–Trinajstić information content (AvgIpc) is 2.62. The van der Waals surface area contributed by atoms with E-state index in [0.29, 0.717) is 0 Å². The molecular weight excluding hydrogens is 360 g/mol. The first-order valence-corrected chi connectivity index (χ1v) is 8.00. The van der Waals surface area contributed by atoms with E-state index in [0.717, 1.165) is 12.2 Å². The van der Waals surface area contributed by atoms with Gasteiger partial charge >= 0.3 is 17.9 Å². The summed E-state index contributed by atoms with van der Waals surface area (Å²) >= 11 is 0. The number of aliphatic carboxylic acids is 3. The van der Waals surface area contributed by atoms with Crippen molar-refractivity contribution < 1.29 is 45.0 Å². The molecule has 0 amide bonds. The normalized spacial score (nSPS) is 16.0. The van der Waals surface area contributed by atoms with Crippen LogP contribution in [0.3, 0.4) is 0 Å². The molecule has 0 saturated carbocycles. The number of carbonyl (C=O) groups is 3. The van der Waals surface area contributed by atoms with E-state index in [2.05, 4.69) is 0 Å². The summed E-state index contributed by atoms with van der Waals surface area (Å²) in [5.74, 6) is -3.89. The second-order valence-electron chi connectivity index (χ2n) is 6.45. The fraction of sp³-hybridized carbons (Fsp3) is 0.500. The van der Waals surface area contributed by atoms with Crippen molar-refractivity contribution in [2.75, 3.05) is 19.8 Å². The SMILES string of the molecule is CC(=CCC(C=C(C)C(=O)O)(CO)C(C=C(C)C(=O)O)(CO)CO)C(=O)O. The highest BCUT2D eigenvalue weighted by Gasteiger charge is 2.48. The molecule has 0 spiro atoms. The van der Waals surface area contributed by atoms with Crippen molar-refractivity contribution in [3.05, 3.63) is 34.9 Å². The zero-order valence-corrected chi connectivity index (χ0v) is 15.5. The zero-order chi connectivity index (χ0) is 21.4. The number of carboxylic acids is 3. The number of aliphatic hydroxyl groups is 3. The Balaban J connectivity index is 6.81. The minimum atomic E-state index is -1.77. The summed E-state index contributed by atoms with van der Waals surface area (Å²) in [6.45, 7) is 1.31. The topological polar surface area (TPSA) is 173 Å². The van der Waals surface area contributed by atoms with E-state index in [9.17, 15) is 34.8 Å². The van der Waals surface area contributed by atoms with Crippen LogP contribution in [0.4, 0.5) is 0 Å². The van der Waals surface area contributed by atoms with Crippen LogP contribution in [-0.2, 0) is 14.4 Å². The van der Waals surface area contributed by atoms with Crippen molar-refractivity contribution in [2.45, 2.75) is 27.2 Å². The highest BCUT2D eigenvalue weighted by atomic mass is 16.4. The molecule has 1 unspecified atom stereocenters. The maximum atomic E-state index is 11.3. The van der Waals surface area contributed by atoms with Crippen LogP contribution in [0.1, 0.15) is 27.2 Å². The molecule has 152 valence electrons. The molecule has 1 atom stereocenters. The van der Waals surface area contributed by atoms with Gasteiger partial charge in [0, 0.05) is 27.5 Å². The Morgan fingerprint density at radius 2 is 1.00 bits per heavy atom. The average molecular weight is 386 g/mol. The molecule has 0 aliphatic rings. The maximum absolute atomic E-state index is 11.3. The molecule has 0 aromatic carbocycles. The first kappa shape index (κ1) is 24.5. The first-order valence-electron chi connectivity index (χ1n) is 8.00. The van der Waals surface area contributed by atoms with E-state index in [1.165, 1.54) is 26.8 Å². The van der Waals surface area contributed by atoms with Gasteiger partial charge in [0.05, 0.1) is 19.8 Å². The van der Waals surface area contributed by atoms with Crippen molar-refractivity contribution in [3.63, 3.8) is 0 Å². The van der Waals surface area contributed by atoms with Gasteiger partial charge in [-0.2, -0.15) is 0 Å². The largest absolute Gasteiger partial charge is 0.478 e. The fourth-order valence-electron chi connectivity index (χ4n) is 2.65. The minimum Gasteiger partial charge on any atom is -0.478 e. The van der Waals surface area contributed by atoms with Crippen LogP contribution in [0.5, 0.6) is 0 Å². The molecule has 9 heteroatoms. The van der Waals surface area contributed by atoms with Gasteiger partial charge in [-0.15, -0.1) is 0 Å². The van der Waals surface area contributed by atoms with Crippen LogP contribution in [0.25, 0.3) is 0 Å². The minimum absolute atomic E-state index is 0.0991. The number of hydrogen-bond donors (Lipinski definition) is 6. The molecule has 0 fully saturated rings. The lowest BCUT2D eigenvalue weighted by molar-refractivity contribution is -0.134. The van der Waals surface area contributed by atoms with Crippen LogP contribution < -0.4 is 0 Å². The van der Waals surface area contributed by atoms with Gasteiger partial charge in [-0.1, -0.05) is 18.2 Å². The van der Waals surface area contributed by atoms with Gasteiger partial charge in [0.2, 0.25) is 0 Å². The molecule has 0 aromatic heterocycles. The van der Waals surface area contributed by atoms with Crippen molar-refractivity contribution in [3.8, 4) is 0 Å². The molecule has 0 heterocycles. The van der Waals surface area contributed by atoms with E-state index >= 15 is 0 Å². The third-order valence-corrected chi connectivity index (χ3v) is 4.61. The van der Waals surface area contributed by atoms with Gasteiger partial charge in [-0.25, -0.2) is 14.4 Å². The number of aliphatic hydroxyl groups excluding tert-OH is 3. The Labute approximate surface area is 156 Å². The Hall–Kier alpha value is -2.49. The summed E-state index contributed by atoms with van der Waals surface area (Å²) in [5.41, 5.74) is -4.00. The van der Waals surface area contributed by atoms with E-state index in [1.54, 1.807) is 0 Å².